The summed E-state index contributed by atoms with van der Waals surface area (Å²) in [6.45, 7) is 9.17. The molecule has 3 unspecified atom stereocenters. The third-order valence-corrected chi connectivity index (χ3v) is 4.72. The van der Waals surface area contributed by atoms with Gasteiger partial charge in [0, 0.05) is 18.1 Å². The van der Waals surface area contributed by atoms with Gasteiger partial charge < -0.3 is 15.8 Å². The minimum atomic E-state index is -0.373. The Balaban J connectivity index is 0.00000361. The average molecular weight is 307 g/mol. The predicted molar refractivity (Wildman–Crippen MR) is 85.1 cm³/mol. The fourth-order valence-electron chi connectivity index (χ4n) is 3.30. The maximum absolute atomic E-state index is 12.0. The fraction of sp³-hybridized carbons (Fsp3) is 0.933. The molecule has 1 amide bonds. The first-order valence-corrected chi connectivity index (χ1v) is 7.73. The zero-order valence-electron chi connectivity index (χ0n) is 13.3. The summed E-state index contributed by atoms with van der Waals surface area (Å²) >= 11 is 0. The lowest BCUT2D eigenvalue weighted by molar-refractivity contribution is -0.149. The van der Waals surface area contributed by atoms with Gasteiger partial charge in [-0.15, -0.1) is 12.4 Å². The lowest BCUT2D eigenvalue weighted by atomic mass is 9.58. The first-order chi connectivity index (χ1) is 9.05. The molecule has 0 saturated heterocycles. The number of carbonyl (C=O) groups is 1. The number of nitrogens with one attached hydrogen (secondary N) is 1. The van der Waals surface area contributed by atoms with Crippen molar-refractivity contribution < 1.29 is 9.53 Å². The standard InChI is InChI=1S/C15H30N2O2.ClH/c1-5-9-11(16)14(18)17-12-10-13(19-8-4)15(12,6-2)7-3;/h11-13H,5-10,16H2,1-4H3,(H,17,18);1H. The van der Waals surface area contributed by atoms with E-state index < -0.39 is 0 Å². The highest BCUT2D eigenvalue weighted by Gasteiger charge is 2.53. The van der Waals surface area contributed by atoms with Crippen LogP contribution in [0.5, 0.6) is 0 Å². The van der Waals surface area contributed by atoms with Crippen molar-refractivity contribution in [2.45, 2.75) is 78.0 Å². The average Bonchev–Trinajstić information content (AvgIpc) is 2.39. The van der Waals surface area contributed by atoms with Crippen molar-refractivity contribution in [2.75, 3.05) is 6.61 Å². The van der Waals surface area contributed by atoms with E-state index in [2.05, 4.69) is 19.2 Å². The summed E-state index contributed by atoms with van der Waals surface area (Å²) in [6.07, 6.45) is 4.94. The Morgan fingerprint density at radius 2 is 1.95 bits per heavy atom. The molecule has 5 heteroatoms. The molecule has 0 bridgehead atoms. The minimum Gasteiger partial charge on any atom is -0.378 e. The second-order valence-corrected chi connectivity index (χ2v) is 5.58. The van der Waals surface area contributed by atoms with Crippen molar-refractivity contribution in [1.29, 1.82) is 0 Å². The highest BCUT2D eigenvalue weighted by atomic mass is 35.5. The third kappa shape index (κ3) is 3.86. The summed E-state index contributed by atoms with van der Waals surface area (Å²) in [5.74, 6) is -0.00641. The zero-order valence-corrected chi connectivity index (χ0v) is 14.1. The zero-order chi connectivity index (χ0) is 14.5. The molecule has 0 aromatic rings. The minimum absolute atomic E-state index is 0. The van der Waals surface area contributed by atoms with Crippen LogP contribution in [0.4, 0.5) is 0 Å². The Morgan fingerprint density at radius 1 is 1.35 bits per heavy atom. The van der Waals surface area contributed by atoms with Crippen LogP contribution in [0.1, 0.15) is 59.8 Å². The molecule has 1 rings (SSSR count). The Hall–Kier alpha value is -0.320. The van der Waals surface area contributed by atoms with E-state index in [0.29, 0.717) is 0 Å². The predicted octanol–water partition coefficient (Wildman–Crippen LogP) is 2.64. The Bertz CT molecular complexity index is 296. The molecule has 0 spiro atoms. The molecule has 1 aliphatic carbocycles. The first kappa shape index (κ1) is 19.7. The van der Waals surface area contributed by atoms with Crippen molar-refractivity contribution in [2.24, 2.45) is 11.1 Å². The van der Waals surface area contributed by atoms with E-state index in [0.717, 1.165) is 38.7 Å². The molecule has 4 nitrogen and oxygen atoms in total. The third-order valence-electron chi connectivity index (χ3n) is 4.72. The highest BCUT2D eigenvalue weighted by molar-refractivity contribution is 5.85. The number of hydrogen-bond donors (Lipinski definition) is 2. The second kappa shape index (κ2) is 8.85. The molecule has 120 valence electrons. The van der Waals surface area contributed by atoms with Gasteiger partial charge >= 0.3 is 0 Å². The van der Waals surface area contributed by atoms with Crippen molar-refractivity contribution in [3.05, 3.63) is 0 Å². The Labute approximate surface area is 129 Å². The van der Waals surface area contributed by atoms with Gasteiger partial charge in [0.15, 0.2) is 0 Å². The van der Waals surface area contributed by atoms with E-state index in [1.807, 2.05) is 13.8 Å². The van der Waals surface area contributed by atoms with Crippen molar-refractivity contribution in [3.8, 4) is 0 Å². The summed E-state index contributed by atoms with van der Waals surface area (Å²) in [4.78, 5) is 12.0. The molecule has 1 fully saturated rings. The van der Waals surface area contributed by atoms with E-state index in [9.17, 15) is 4.79 Å². The fourth-order valence-corrected chi connectivity index (χ4v) is 3.30. The van der Waals surface area contributed by atoms with Crippen LogP contribution >= 0.6 is 12.4 Å². The SMILES string of the molecule is CCCC(N)C(=O)NC1CC(OCC)C1(CC)CC.Cl. The summed E-state index contributed by atoms with van der Waals surface area (Å²) in [5, 5.41) is 3.14. The molecular weight excluding hydrogens is 276 g/mol. The van der Waals surface area contributed by atoms with Crippen LogP contribution in [0.25, 0.3) is 0 Å². The molecule has 0 heterocycles. The number of amides is 1. The molecule has 0 aliphatic heterocycles. The van der Waals surface area contributed by atoms with Crippen LogP contribution in [-0.2, 0) is 9.53 Å². The van der Waals surface area contributed by atoms with Crippen LogP contribution in [0.3, 0.4) is 0 Å². The number of nitrogens with two attached hydrogens (primary N) is 1. The van der Waals surface area contributed by atoms with Gasteiger partial charge in [-0.05, 0) is 32.6 Å². The van der Waals surface area contributed by atoms with E-state index in [1.165, 1.54) is 0 Å². The number of hydrogen-bond acceptors (Lipinski definition) is 3. The van der Waals surface area contributed by atoms with Crippen LogP contribution < -0.4 is 11.1 Å². The maximum Gasteiger partial charge on any atom is 0.237 e. The molecule has 0 radical (unpaired) electrons. The number of carbonyl (C=O) groups excluding carboxylic acids is 1. The molecular formula is C15H31ClN2O2. The molecule has 3 N–H and O–H groups in total. The molecule has 1 aliphatic rings. The number of rotatable bonds is 8. The normalized spacial score (nSPS) is 25.2. The smallest absolute Gasteiger partial charge is 0.237 e. The Morgan fingerprint density at radius 3 is 2.40 bits per heavy atom. The molecule has 1 saturated carbocycles. The highest BCUT2D eigenvalue weighted by Crippen LogP contribution is 2.48. The van der Waals surface area contributed by atoms with Crippen LogP contribution in [0.15, 0.2) is 0 Å². The lowest BCUT2D eigenvalue weighted by Gasteiger charge is -2.55. The lowest BCUT2D eigenvalue weighted by Crippen LogP contribution is -2.65. The van der Waals surface area contributed by atoms with Crippen LogP contribution in [0.2, 0.25) is 0 Å². The van der Waals surface area contributed by atoms with Gasteiger partial charge in [-0.1, -0.05) is 27.2 Å². The van der Waals surface area contributed by atoms with Crippen LogP contribution in [0, 0.1) is 5.41 Å². The van der Waals surface area contributed by atoms with Gasteiger partial charge in [0.05, 0.1) is 12.1 Å². The number of halogens is 1. The maximum atomic E-state index is 12.0. The summed E-state index contributed by atoms with van der Waals surface area (Å²) in [5.41, 5.74) is 5.97. The van der Waals surface area contributed by atoms with Crippen molar-refractivity contribution in [1.82, 2.24) is 5.32 Å². The number of ether oxygens (including phenoxy) is 1. The van der Waals surface area contributed by atoms with Gasteiger partial charge in [-0.3, -0.25) is 4.79 Å². The van der Waals surface area contributed by atoms with Gasteiger partial charge in [0.25, 0.3) is 0 Å². The van der Waals surface area contributed by atoms with E-state index in [4.69, 9.17) is 10.5 Å². The monoisotopic (exact) mass is 306 g/mol. The summed E-state index contributed by atoms with van der Waals surface area (Å²) in [7, 11) is 0. The van der Waals surface area contributed by atoms with Crippen LogP contribution in [-0.4, -0.2) is 30.7 Å². The molecule has 0 aromatic heterocycles. The topological polar surface area (TPSA) is 64.4 Å². The van der Waals surface area contributed by atoms with E-state index in [1.54, 1.807) is 0 Å². The summed E-state index contributed by atoms with van der Waals surface area (Å²) < 4.78 is 5.81. The summed E-state index contributed by atoms with van der Waals surface area (Å²) in [6, 6.07) is -0.156. The van der Waals surface area contributed by atoms with Gasteiger partial charge in [-0.2, -0.15) is 0 Å². The van der Waals surface area contributed by atoms with E-state index >= 15 is 0 Å². The van der Waals surface area contributed by atoms with Crippen molar-refractivity contribution >= 4 is 18.3 Å². The van der Waals surface area contributed by atoms with Crippen molar-refractivity contribution in [3.63, 3.8) is 0 Å². The largest absolute Gasteiger partial charge is 0.378 e. The van der Waals surface area contributed by atoms with Gasteiger partial charge in [-0.25, -0.2) is 0 Å². The van der Waals surface area contributed by atoms with E-state index in [-0.39, 0.29) is 41.9 Å². The quantitative estimate of drug-likeness (QED) is 0.724. The van der Waals surface area contributed by atoms with Gasteiger partial charge in [0.1, 0.15) is 0 Å². The Kier molecular flexibility index (Phi) is 8.71. The molecule has 20 heavy (non-hydrogen) atoms. The molecule has 3 atom stereocenters. The molecule has 0 aromatic carbocycles. The van der Waals surface area contributed by atoms with Gasteiger partial charge in [0.2, 0.25) is 5.91 Å². The first-order valence-electron chi connectivity index (χ1n) is 7.73. The second-order valence-electron chi connectivity index (χ2n) is 5.58.